The standard InChI is InChI=1S/C19H20FNO5/c1-21(11-13-6-4-5-7-16(13)20)18(22)12-26-19(23)15-9-8-14(24-2)10-17(15)25-3/h4-10H,11-12H2,1-3H3. The number of hydrogen-bond donors (Lipinski definition) is 0. The van der Waals surface area contributed by atoms with Gasteiger partial charge in [-0.1, -0.05) is 18.2 Å². The molecule has 0 heterocycles. The molecule has 1 amide bonds. The van der Waals surface area contributed by atoms with Gasteiger partial charge in [0.2, 0.25) is 0 Å². The van der Waals surface area contributed by atoms with Gasteiger partial charge in [-0.2, -0.15) is 0 Å². The summed E-state index contributed by atoms with van der Waals surface area (Å²) in [5.74, 6) is -0.737. The van der Waals surface area contributed by atoms with Gasteiger partial charge in [0.1, 0.15) is 22.9 Å². The van der Waals surface area contributed by atoms with Crippen molar-refractivity contribution >= 4 is 11.9 Å². The predicted molar refractivity (Wildman–Crippen MR) is 92.7 cm³/mol. The van der Waals surface area contributed by atoms with Gasteiger partial charge in [0.05, 0.1) is 14.2 Å². The van der Waals surface area contributed by atoms with Crippen molar-refractivity contribution in [2.75, 3.05) is 27.9 Å². The topological polar surface area (TPSA) is 65.1 Å². The van der Waals surface area contributed by atoms with Crippen LogP contribution in [-0.4, -0.2) is 44.7 Å². The highest BCUT2D eigenvalue weighted by molar-refractivity contribution is 5.94. The molecule has 7 heteroatoms. The van der Waals surface area contributed by atoms with E-state index in [1.54, 1.807) is 30.3 Å². The number of benzene rings is 2. The first kappa shape index (κ1) is 19.2. The highest BCUT2D eigenvalue weighted by atomic mass is 19.1. The van der Waals surface area contributed by atoms with E-state index in [9.17, 15) is 14.0 Å². The van der Waals surface area contributed by atoms with E-state index in [0.29, 0.717) is 11.3 Å². The molecule has 0 aliphatic rings. The van der Waals surface area contributed by atoms with Gasteiger partial charge in [-0.05, 0) is 18.2 Å². The zero-order valence-electron chi connectivity index (χ0n) is 14.8. The molecule has 0 N–H and O–H groups in total. The summed E-state index contributed by atoms with van der Waals surface area (Å²) in [6.07, 6.45) is 0. The molecule has 2 aromatic rings. The molecule has 0 unspecified atom stereocenters. The average Bonchev–Trinajstić information content (AvgIpc) is 2.66. The van der Waals surface area contributed by atoms with Crippen LogP contribution in [0.3, 0.4) is 0 Å². The number of rotatable bonds is 7. The molecule has 0 spiro atoms. The second kappa shape index (κ2) is 8.84. The van der Waals surface area contributed by atoms with Gasteiger partial charge < -0.3 is 19.1 Å². The maximum atomic E-state index is 13.6. The summed E-state index contributed by atoms with van der Waals surface area (Å²) in [6.45, 7) is -0.381. The van der Waals surface area contributed by atoms with Crippen molar-refractivity contribution in [3.05, 3.63) is 59.4 Å². The highest BCUT2D eigenvalue weighted by Gasteiger charge is 2.18. The zero-order chi connectivity index (χ0) is 19.1. The fourth-order valence-electron chi connectivity index (χ4n) is 2.25. The van der Waals surface area contributed by atoms with Crippen LogP contribution in [-0.2, 0) is 16.1 Å². The second-order valence-corrected chi connectivity index (χ2v) is 5.48. The molecule has 0 radical (unpaired) electrons. The van der Waals surface area contributed by atoms with Gasteiger partial charge in [0, 0.05) is 25.2 Å². The molecule has 6 nitrogen and oxygen atoms in total. The molecule has 2 aromatic carbocycles. The first-order valence-corrected chi connectivity index (χ1v) is 7.82. The highest BCUT2D eigenvalue weighted by Crippen LogP contribution is 2.25. The predicted octanol–water partition coefficient (Wildman–Crippen LogP) is 2.66. The van der Waals surface area contributed by atoms with E-state index in [4.69, 9.17) is 14.2 Å². The Morgan fingerprint density at radius 1 is 1.08 bits per heavy atom. The maximum Gasteiger partial charge on any atom is 0.342 e. The molecule has 0 aliphatic heterocycles. The molecule has 0 aromatic heterocycles. The van der Waals surface area contributed by atoms with Crippen LogP contribution in [0, 0.1) is 5.82 Å². The van der Waals surface area contributed by atoms with Crippen LogP contribution in [0.25, 0.3) is 0 Å². The quantitative estimate of drug-likeness (QED) is 0.710. The van der Waals surface area contributed by atoms with E-state index >= 15 is 0 Å². The molecule has 0 saturated heterocycles. The first-order chi connectivity index (χ1) is 12.5. The van der Waals surface area contributed by atoms with Crippen molar-refractivity contribution in [1.29, 1.82) is 0 Å². The number of methoxy groups -OCH3 is 2. The molecular weight excluding hydrogens is 341 g/mol. The SMILES string of the molecule is COc1ccc(C(=O)OCC(=O)N(C)Cc2ccccc2F)c(OC)c1. The van der Waals surface area contributed by atoms with Crippen molar-refractivity contribution in [3.63, 3.8) is 0 Å². The molecule has 0 saturated carbocycles. The number of carbonyl (C=O) groups excluding carboxylic acids is 2. The van der Waals surface area contributed by atoms with Crippen LogP contribution in [0.4, 0.5) is 4.39 Å². The lowest BCUT2D eigenvalue weighted by Crippen LogP contribution is -2.31. The third-order valence-electron chi connectivity index (χ3n) is 3.75. The van der Waals surface area contributed by atoms with Crippen molar-refractivity contribution in [2.45, 2.75) is 6.54 Å². The maximum absolute atomic E-state index is 13.6. The molecule has 2 rings (SSSR count). The van der Waals surface area contributed by atoms with E-state index in [1.165, 1.54) is 38.3 Å². The van der Waals surface area contributed by atoms with E-state index in [1.807, 2.05) is 0 Å². The summed E-state index contributed by atoms with van der Waals surface area (Å²) < 4.78 is 28.9. The summed E-state index contributed by atoms with van der Waals surface area (Å²) in [6, 6.07) is 10.8. The number of nitrogens with zero attached hydrogens (tertiary/aromatic N) is 1. The number of hydrogen-bond acceptors (Lipinski definition) is 5. The number of carbonyl (C=O) groups is 2. The van der Waals surface area contributed by atoms with Crippen LogP contribution >= 0.6 is 0 Å². The Morgan fingerprint density at radius 3 is 2.46 bits per heavy atom. The minimum atomic E-state index is -0.697. The molecule has 0 atom stereocenters. The van der Waals surface area contributed by atoms with E-state index < -0.39 is 24.3 Å². The molecular formula is C19H20FNO5. The van der Waals surface area contributed by atoms with Crippen LogP contribution in [0.2, 0.25) is 0 Å². The largest absolute Gasteiger partial charge is 0.497 e. The Kier molecular flexibility index (Phi) is 6.54. The molecule has 26 heavy (non-hydrogen) atoms. The van der Waals surface area contributed by atoms with Gasteiger partial charge in [0.15, 0.2) is 6.61 Å². The fraction of sp³-hybridized carbons (Fsp3) is 0.263. The Labute approximate surface area is 151 Å². The number of esters is 1. The summed E-state index contributed by atoms with van der Waals surface area (Å²) in [7, 11) is 4.42. The normalized spacial score (nSPS) is 10.2. The summed E-state index contributed by atoms with van der Waals surface area (Å²) in [5, 5.41) is 0. The molecule has 138 valence electrons. The summed E-state index contributed by atoms with van der Waals surface area (Å²) >= 11 is 0. The first-order valence-electron chi connectivity index (χ1n) is 7.82. The lowest BCUT2D eigenvalue weighted by Gasteiger charge is -2.18. The van der Waals surface area contributed by atoms with Crippen molar-refractivity contribution in [2.24, 2.45) is 0 Å². The van der Waals surface area contributed by atoms with Gasteiger partial charge in [-0.15, -0.1) is 0 Å². The lowest BCUT2D eigenvalue weighted by atomic mass is 10.2. The zero-order valence-corrected chi connectivity index (χ0v) is 14.8. The number of amides is 1. The number of ether oxygens (including phenoxy) is 3. The molecule has 0 aliphatic carbocycles. The Hall–Kier alpha value is -3.09. The third-order valence-corrected chi connectivity index (χ3v) is 3.75. The van der Waals surface area contributed by atoms with Gasteiger partial charge in [0.25, 0.3) is 5.91 Å². The minimum absolute atomic E-state index is 0.0783. The van der Waals surface area contributed by atoms with Crippen LogP contribution in [0.15, 0.2) is 42.5 Å². The Balaban J connectivity index is 1.96. The van der Waals surface area contributed by atoms with Crippen molar-refractivity contribution < 1.29 is 28.2 Å². The van der Waals surface area contributed by atoms with Crippen molar-refractivity contribution in [1.82, 2.24) is 4.90 Å². The number of halogens is 1. The second-order valence-electron chi connectivity index (χ2n) is 5.48. The average molecular weight is 361 g/mol. The van der Waals surface area contributed by atoms with Crippen LogP contribution in [0.5, 0.6) is 11.5 Å². The monoisotopic (exact) mass is 361 g/mol. The van der Waals surface area contributed by atoms with E-state index in [2.05, 4.69) is 0 Å². The van der Waals surface area contributed by atoms with E-state index in [-0.39, 0.29) is 17.9 Å². The van der Waals surface area contributed by atoms with Gasteiger partial charge >= 0.3 is 5.97 Å². The van der Waals surface area contributed by atoms with Crippen LogP contribution < -0.4 is 9.47 Å². The lowest BCUT2D eigenvalue weighted by molar-refractivity contribution is -0.133. The summed E-state index contributed by atoms with van der Waals surface area (Å²) in [5.41, 5.74) is 0.560. The van der Waals surface area contributed by atoms with Crippen LogP contribution in [0.1, 0.15) is 15.9 Å². The minimum Gasteiger partial charge on any atom is -0.497 e. The van der Waals surface area contributed by atoms with E-state index in [0.717, 1.165) is 0 Å². The van der Waals surface area contributed by atoms with Gasteiger partial charge in [-0.3, -0.25) is 4.79 Å². The fourth-order valence-corrected chi connectivity index (χ4v) is 2.25. The molecule has 0 fully saturated rings. The smallest absolute Gasteiger partial charge is 0.342 e. The Bertz CT molecular complexity index is 793. The molecule has 0 bridgehead atoms. The van der Waals surface area contributed by atoms with Crippen molar-refractivity contribution in [3.8, 4) is 11.5 Å². The number of likely N-dealkylation sites (N-methyl/N-ethyl adjacent to an activating group) is 1. The summed E-state index contributed by atoms with van der Waals surface area (Å²) in [4.78, 5) is 25.6. The van der Waals surface area contributed by atoms with Gasteiger partial charge in [-0.25, -0.2) is 9.18 Å². The third kappa shape index (κ3) is 4.72. The Morgan fingerprint density at radius 2 is 1.81 bits per heavy atom.